The zero-order chi connectivity index (χ0) is 25.9. The Morgan fingerprint density at radius 2 is 1.86 bits per heavy atom. The van der Waals surface area contributed by atoms with Gasteiger partial charge in [0, 0.05) is 59.1 Å². The van der Waals surface area contributed by atoms with Gasteiger partial charge in [0.1, 0.15) is 5.75 Å². The molecule has 1 aromatic heterocycles. The van der Waals surface area contributed by atoms with Crippen LogP contribution in [-0.2, 0) is 10.8 Å². The van der Waals surface area contributed by atoms with Crippen molar-refractivity contribution in [2.75, 3.05) is 36.7 Å². The summed E-state index contributed by atoms with van der Waals surface area (Å²) < 4.78 is 45.2. The number of nitrogens with zero attached hydrogens (tertiary/aromatic N) is 3. The van der Waals surface area contributed by atoms with Crippen LogP contribution >= 0.6 is 0 Å². The fraction of sp³-hybridized carbons (Fsp3) is 0.346. The molecular formula is C26H28F2N4O3S. The molecule has 1 aliphatic rings. The molecule has 7 nitrogen and oxygen atoms in total. The molecule has 0 unspecified atom stereocenters. The lowest BCUT2D eigenvalue weighted by molar-refractivity contribution is -0.0102. The van der Waals surface area contributed by atoms with Crippen LogP contribution in [0.4, 0.5) is 20.3 Å². The number of carbonyl (C=O) groups excluding carboxylic acids is 1. The minimum Gasteiger partial charge on any atom is -0.497 e. The first-order valence-corrected chi connectivity index (χ1v) is 13.1. The lowest BCUT2D eigenvalue weighted by atomic mass is 10.0. The average Bonchev–Trinajstić information content (AvgIpc) is 3.04. The Balaban J connectivity index is 1.77. The molecule has 2 heterocycles. The maximum Gasteiger partial charge on any atom is 0.259 e. The molecule has 0 saturated carbocycles. The molecule has 0 aliphatic carbocycles. The number of amides is 1. The van der Waals surface area contributed by atoms with Gasteiger partial charge >= 0.3 is 0 Å². The minimum absolute atomic E-state index is 0.0631. The van der Waals surface area contributed by atoms with Crippen molar-refractivity contribution < 1.29 is 22.5 Å². The van der Waals surface area contributed by atoms with Crippen LogP contribution in [-0.4, -0.2) is 52.7 Å². The largest absolute Gasteiger partial charge is 0.497 e. The van der Waals surface area contributed by atoms with Gasteiger partial charge in [-0.2, -0.15) is 0 Å². The fourth-order valence-electron chi connectivity index (χ4n) is 4.25. The van der Waals surface area contributed by atoms with E-state index in [1.807, 2.05) is 12.1 Å². The number of anilines is 2. The zero-order valence-corrected chi connectivity index (χ0v) is 21.2. The van der Waals surface area contributed by atoms with E-state index in [4.69, 9.17) is 4.74 Å². The van der Waals surface area contributed by atoms with Crippen LogP contribution in [0.25, 0.3) is 11.3 Å². The van der Waals surface area contributed by atoms with Crippen LogP contribution < -0.4 is 15.0 Å². The van der Waals surface area contributed by atoms with E-state index in [1.54, 1.807) is 61.6 Å². The Kier molecular flexibility index (Phi) is 7.63. The third kappa shape index (κ3) is 5.70. The first kappa shape index (κ1) is 25.7. The summed E-state index contributed by atoms with van der Waals surface area (Å²) in [7, 11) is 0.359. The molecule has 1 saturated heterocycles. The highest BCUT2D eigenvalue weighted by Gasteiger charge is 2.34. The molecule has 1 N–H and O–H groups in total. The monoisotopic (exact) mass is 514 g/mol. The molecule has 190 valence electrons. The number of halogens is 2. The molecule has 1 fully saturated rings. The Morgan fingerprint density at radius 1 is 1.11 bits per heavy atom. The van der Waals surface area contributed by atoms with Crippen molar-refractivity contribution in [3.05, 3.63) is 59.7 Å². The molecule has 0 bridgehead atoms. The second-order valence-corrected chi connectivity index (χ2v) is 10.1. The van der Waals surface area contributed by atoms with Crippen molar-refractivity contribution in [3.63, 3.8) is 0 Å². The third-order valence-corrected chi connectivity index (χ3v) is 7.15. The van der Waals surface area contributed by atoms with E-state index in [9.17, 15) is 17.8 Å². The first-order valence-electron chi connectivity index (χ1n) is 11.6. The van der Waals surface area contributed by atoms with E-state index < -0.39 is 22.6 Å². The number of nitrogens with one attached hydrogen (secondary N) is 1. The quantitative estimate of drug-likeness (QED) is 0.494. The second kappa shape index (κ2) is 10.7. The van der Waals surface area contributed by atoms with Gasteiger partial charge in [0.15, 0.2) is 5.82 Å². The van der Waals surface area contributed by atoms with E-state index in [0.717, 1.165) is 5.56 Å². The highest BCUT2D eigenvalue weighted by molar-refractivity contribution is 7.84. The first-order chi connectivity index (χ1) is 17.2. The molecule has 0 spiro atoms. The van der Waals surface area contributed by atoms with Gasteiger partial charge in [0.2, 0.25) is 5.92 Å². The maximum atomic E-state index is 14.1. The number of hydrogen-bond donors (Lipinski definition) is 1. The molecule has 2 aromatic carbocycles. The smallest absolute Gasteiger partial charge is 0.259 e. The number of alkyl halides is 2. The predicted molar refractivity (Wildman–Crippen MR) is 136 cm³/mol. The van der Waals surface area contributed by atoms with E-state index >= 15 is 0 Å². The molecule has 3 aromatic rings. The van der Waals surface area contributed by atoms with E-state index in [-0.39, 0.29) is 37.2 Å². The van der Waals surface area contributed by atoms with Gasteiger partial charge in [0.25, 0.3) is 5.91 Å². The van der Waals surface area contributed by atoms with Crippen LogP contribution in [0.5, 0.6) is 5.75 Å². The van der Waals surface area contributed by atoms with Gasteiger partial charge in [-0.3, -0.25) is 9.00 Å². The van der Waals surface area contributed by atoms with Gasteiger partial charge < -0.3 is 15.0 Å². The number of benzene rings is 2. The van der Waals surface area contributed by atoms with E-state index in [2.05, 4.69) is 15.5 Å². The topological polar surface area (TPSA) is 84.4 Å². The van der Waals surface area contributed by atoms with E-state index in [1.165, 1.54) is 0 Å². The molecule has 4 rings (SSSR count). The van der Waals surface area contributed by atoms with Gasteiger partial charge in [-0.15, -0.1) is 10.2 Å². The van der Waals surface area contributed by atoms with Crippen molar-refractivity contribution >= 4 is 28.2 Å². The zero-order valence-electron chi connectivity index (χ0n) is 20.4. The average molecular weight is 515 g/mol. The molecular weight excluding hydrogens is 486 g/mol. The van der Waals surface area contributed by atoms with E-state index in [0.29, 0.717) is 34.1 Å². The Morgan fingerprint density at radius 3 is 2.56 bits per heavy atom. The van der Waals surface area contributed by atoms with Crippen molar-refractivity contribution in [2.45, 2.75) is 37.0 Å². The molecule has 0 radical (unpaired) electrons. The van der Waals surface area contributed by atoms with Crippen molar-refractivity contribution in [1.82, 2.24) is 10.2 Å². The summed E-state index contributed by atoms with van der Waals surface area (Å²) >= 11 is 0. The van der Waals surface area contributed by atoms with Gasteiger partial charge in [-0.05, 0) is 61.4 Å². The SMILES string of the molecule is COc1ccc(-c2nnc(N3CCCC(F)(F)CC3)c(C(=O)Nc3cccc([S@](C)=O)c3)c2C)cc1. The summed E-state index contributed by atoms with van der Waals surface area (Å²) in [6.07, 6.45) is 1.31. The standard InChI is InChI=1S/C26H28F2N4O3S/c1-17-22(25(33)29-19-6-4-7-21(16-19)36(3)34)24(32-14-5-12-26(27,28)13-15-32)31-30-23(17)18-8-10-20(35-2)11-9-18/h4,6-11,16H,5,12-15H2,1-3H3,(H,29,33)/t36-/m0/s1. The molecule has 1 aliphatic heterocycles. The molecule has 1 amide bonds. The fourth-order valence-corrected chi connectivity index (χ4v) is 4.81. The van der Waals surface area contributed by atoms with Crippen molar-refractivity contribution in [3.8, 4) is 17.0 Å². The normalized spacial score (nSPS) is 16.2. The van der Waals surface area contributed by atoms with Crippen molar-refractivity contribution in [2.24, 2.45) is 0 Å². The molecule has 1 atom stereocenters. The van der Waals surface area contributed by atoms with Gasteiger partial charge in [-0.25, -0.2) is 8.78 Å². The highest BCUT2D eigenvalue weighted by atomic mass is 32.2. The molecule has 10 heteroatoms. The number of hydrogen-bond acceptors (Lipinski definition) is 6. The van der Waals surface area contributed by atoms with Crippen LogP contribution in [0.1, 0.15) is 35.2 Å². The summed E-state index contributed by atoms with van der Waals surface area (Å²) in [6, 6.07) is 14.0. The van der Waals surface area contributed by atoms with Crippen molar-refractivity contribution in [1.29, 1.82) is 0 Å². The summed E-state index contributed by atoms with van der Waals surface area (Å²) in [6.45, 7) is 2.18. The number of methoxy groups -OCH3 is 1. The Hall–Kier alpha value is -3.40. The summed E-state index contributed by atoms with van der Waals surface area (Å²) in [5.74, 6) is -2.24. The second-order valence-electron chi connectivity index (χ2n) is 8.73. The highest BCUT2D eigenvalue weighted by Crippen LogP contribution is 2.34. The number of aromatic nitrogens is 2. The minimum atomic E-state index is -2.75. The number of ether oxygens (including phenoxy) is 1. The lowest BCUT2D eigenvalue weighted by Crippen LogP contribution is -2.30. The summed E-state index contributed by atoms with van der Waals surface area (Å²) in [5.41, 5.74) is 2.57. The Bertz CT molecular complexity index is 1280. The summed E-state index contributed by atoms with van der Waals surface area (Å²) in [4.78, 5) is 15.9. The maximum absolute atomic E-state index is 14.1. The third-order valence-electron chi connectivity index (χ3n) is 6.23. The van der Waals surface area contributed by atoms with Gasteiger partial charge in [-0.1, -0.05) is 6.07 Å². The van der Waals surface area contributed by atoms with Gasteiger partial charge in [0.05, 0.1) is 18.4 Å². The Labute approximate surface area is 211 Å². The summed E-state index contributed by atoms with van der Waals surface area (Å²) in [5, 5.41) is 11.6. The number of carbonyl (C=O) groups is 1. The predicted octanol–water partition coefficient (Wildman–Crippen LogP) is 5.08. The van der Waals surface area contributed by atoms with Crippen LogP contribution in [0, 0.1) is 6.92 Å². The van der Waals surface area contributed by atoms with Crippen LogP contribution in [0.15, 0.2) is 53.4 Å². The molecule has 36 heavy (non-hydrogen) atoms. The number of rotatable bonds is 6. The van der Waals surface area contributed by atoms with Crippen LogP contribution in [0.2, 0.25) is 0 Å². The lowest BCUT2D eigenvalue weighted by Gasteiger charge is -2.25. The van der Waals surface area contributed by atoms with Crippen LogP contribution in [0.3, 0.4) is 0 Å².